The van der Waals surface area contributed by atoms with E-state index in [1.54, 1.807) is 4.90 Å². The number of hydrogen-bond acceptors (Lipinski definition) is 4. The first-order chi connectivity index (χ1) is 10.9. The van der Waals surface area contributed by atoms with Crippen molar-refractivity contribution in [1.82, 2.24) is 0 Å². The molecule has 0 aromatic heterocycles. The third-order valence-corrected chi connectivity index (χ3v) is 3.42. The number of nitrogens with zero attached hydrogens (tertiary/aromatic N) is 1. The fraction of sp³-hybridized carbons (Fsp3) is 0.579. The topological polar surface area (TPSA) is 55.8 Å². The van der Waals surface area contributed by atoms with Crippen LogP contribution in [0.1, 0.15) is 52.7 Å². The van der Waals surface area contributed by atoms with Gasteiger partial charge < -0.3 is 9.47 Å². The summed E-state index contributed by atoms with van der Waals surface area (Å²) in [5.74, 6) is -0.246. The van der Waals surface area contributed by atoms with Crippen LogP contribution in [0, 0.1) is 0 Å². The number of carbonyl (C=O) groups is 2. The Morgan fingerprint density at radius 2 is 1.67 bits per heavy atom. The highest BCUT2D eigenvalue weighted by Gasteiger charge is 2.29. The van der Waals surface area contributed by atoms with E-state index in [1.165, 1.54) is 0 Å². The van der Waals surface area contributed by atoms with Crippen molar-refractivity contribution in [2.24, 2.45) is 0 Å². The van der Waals surface area contributed by atoms with Crippen LogP contribution in [0.2, 0.25) is 0 Å². The fourth-order valence-corrected chi connectivity index (χ4v) is 2.62. The van der Waals surface area contributed by atoms with Gasteiger partial charge in [-0.05, 0) is 65.2 Å². The molecule has 0 aliphatic carbocycles. The van der Waals surface area contributed by atoms with Crippen LogP contribution in [-0.2, 0) is 27.1 Å². The monoisotopic (exact) mass is 333 g/mol. The van der Waals surface area contributed by atoms with Gasteiger partial charge in [0.05, 0.1) is 12.1 Å². The van der Waals surface area contributed by atoms with Gasteiger partial charge in [-0.1, -0.05) is 12.1 Å². The zero-order valence-electron chi connectivity index (χ0n) is 15.4. The average Bonchev–Trinajstić information content (AvgIpc) is 2.77. The van der Waals surface area contributed by atoms with Crippen LogP contribution < -0.4 is 4.90 Å². The Kier molecular flexibility index (Phi) is 4.92. The number of rotatable bonds is 2. The number of benzene rings is 1. The third kappa shape index (κ3) is 4.98. The van der Waals surface area contributed by atoms with Crippen molar-refractivity contribution in [2.75, 3.05) is 11.4 Å². The van der Waals surface area contributed by atoms with E-state index in [0.29, 0.717) is 6.54 Å². The van der Waals surface area contributed by atoms with Crippen molar-refractivity contribution in [3.05, 3.63) is 29.3 Å². The molecule has 0 saturated carbocycles. The van der Waals surface area contributed by atoms with Gasteiger partial charge in [-0.15, -0.1) is 0 Å². The molecule has 0 saturated heterocycles. The smallest absolute Gasteiger partial charge is 0.414 e. The second kappa shape index (κ2) is 6.46. The van der Waals surface area contributed by atoms with Crippen LogP contribution in [0.15, 0.2) is 18.2 Å². The molecule has 24 heavy (non-hydrogen) atoms. The van der Waals surface area contributed by atoms with Gasteiger partial charge in [0.1, 0.15) is 11.2 Å². The second-order valence-electron chi connectivity index (χ2n) is 8.11. The first-order valence-electron chi connectivity index (χ1n) is 8.29. The minimum atomic E-state index is -0.517. The molecule has 0 unspecified atom stereocenters. The maximum absolute atomic E-state index is 12.3. The van der Waals surface area contributed by atoms with Crippen LogP contribution in [0.5, 0.6) is 0 Å². The van der Waals surface area contributed by atoms with E-state index in [0.717, 1.165) is 23.2 Å². The summed E-state index contributed by atoms with van der Waals surface area (Å²) in [4.78, 5) is 25.9. The Morgan fingerprint density at radius 3 is 2.25 bits per heavy atom. The second-order valence-corrected chi connectivity index (χ2v) is 8.11. The van der Waals surface area contributed by atoms with E-state index >= 15 is 0 Å². The van der Waals surface area contributed by atoms with Crippen molar-refractivity contribution in [3.8, 4) is 0 Å². The van der Waals surface area contributed by atoms with Crippen LogP contribution in [0.3, 0.4) is 0 Å². The summed E-state index contributed by atoms with van der Waals surface area (Å²) < 4.78 is 10.8. The molecular formula is C19H27NO4. The Bertz CT molecular complexity index is 638. The zero-order valence-corrected chi connectivity index (χ0v) is 15.4. The standard InChI is InChI=1S/C19H27NO4/c1-18(2,3)23-16(21)12-13-7-8-15-14(11-13)9-10-20(15)17(22)24-19(4,5)6/h7-8,11H,9-10,12H2,1-6H3. The summed E-state index contributed by atoms with van der Waals surface area (Å²) in [5, 5.41) is 0. The molecular weight excluding hydrogens is 306 g/mol. The van der Waals surface area contributed by atoms with Gasteiger partial charge in [0.2, 0.25) is 0 Å². The summed E-state index contributed by atoms with van der Waals surface area (Å²) in [7, 11) is 0. The van der Waals surface area contributed by atoms with Gasteiger partial charge in [-0.3, -0.25) is 9.69 Å². The van der Waals surface area contributed by atoms with E-state index in [9.17, 15) is 9.59 Å². The number of anilines is 1. The van der Waals surface area contributed by atoms with Crippen LogP contribution in [0.4, 0.5) is 10.5 Å². The number of carbonyl (C=O) groups excluding carboxylic acids is 2. The van der Waals surface area contributed by atoms with Crippen molar-refractivity contribution in [3.63, 3.8) is 0 Å². The fourth-order valence-electron chi connectivity index (χ4n) is 2.62. The number of fused-ring (bicyclic) bond motifs is 1. The number of hydrogen-bond donors (Lipinski definition) is 0. The molecule has 1 heterocycles. The maximum Gasteiger partial charge on any atom is 0.414 e. The molecule has 2 rings (SSSR count). The predicted octanol–water partition coefficient (Wildman–Crippen LogP) is 3.87. The molecule has 1 aliphatic heterocycles. The average molecular weight is 333 g/mol. The van der Waals surface area contributed by atoms with Crippen molar-refractivity contribution < 1.29 is 19.1 Å². The van der Waals surface area contributed by atoms with Crippen LogP contribution >= 0.6 is 0 Å². The molecule has 1 amide bonds. The highest BCUT2D eigenvalue weighted by atomic mass is 16.6. The lowest BCUT2D eigenvalue weighted by molar-refractivity contribution is -0.153. The molecule has 0 spiro atoms. The van der Waals surface area contributed by atoms with Crippen molar-refractivity contribution in [2.45, 2.75) is 65.6 Å². The van der Waals surface area contributed by atoms with Gasteiger partial charge in [-0.25, -0.2) is 4.79 Å². The molecule has 5 nitrogen and oxygen atoms in total. The molecule has 0 N–H and O–H groups in total. The first kappa shape index (κ1) is 18.3. The van der Waals surface area contributed by atoms with Gasteiger partial charge in [0.15, 0.2) is 0 Å². The van der Waals surface area contributed by atoms with E-state index < -0.39 is 11.2 Å². The Labute approximate surface area is 143 Å². The van der Waals surface area contributed by atoms with Gasteiger partial charge in [0, 0.05) is 6.54 Å². The molecule has 1 aromatic rings. The van der Waals surface area contributed by atoms with E-state index in [-0.39, 0.29) is 18.5 Å². The Morgan fingerprint density at radius 1 is 1.04 bits per heavy atom. The van der Waals surface area contributed by atoms with Gasteiger partial charge >= 0.3 is 12.1 Å². The highest BCUT2D eigenvalue weighted by molar-refractivity contribution is 5.90. The minimum Gasteiger partial charge on any atom is -0.460 e. The van der Waals surface area contributed by atoms with E-state index in [4.69, 9.17) is 9.47 Å². The molecule has 5 heteroatoms. The molecule has 1 aromatic carbocycles. The number of esters is 1. The quantitative estimate of drug-likeness (QED) is 0.771. The summed E-state index contributed by atoms with van der Waals surface area (Å²) in [6, 6.07) is 5.72. The minimum absolute atomic E-state index is 0.233. The summed E-state index contributed by atoms with van der Waals surface area (Å²) in [6.45, 7) is 11.7. The van der Waals surface area contributed by atoms with Crippen LogP contribution in [-0.4, -0.2) is 29.8 Å². The molecule has 0 radical (unpaired) electrons. The summed E-state index contributed by atoms with van der Waals surface area (Å²) >= 11 is 0. The molecule has 0 fully saturated rings. The van der Waals surface area contributed by atoms with E-state index in [2.05, 4.69) is 0 Å². The Balaban J connectivity index is 2.08. The lowest BCUT2D eigenvalue weighted by Gasteiger charge is -2.24. The molecule has 0 bridgehead atoms. The third-order valence-electron chi connectivity index (χ3n) is 3.42. The maximum atomic E-state index is 12.3. The number of amides is 1. The SMILES string of the molecule is CC(C)(C)OC(=O)Cc1ccc2c(c1)CCN2C(=O)OC(C)(C)C. The zero-order chi connectivity index (χ0) is 18.1. The van der Waals surface area contributed by atoms with Gasteiger partial charge in [-0.2, -0.15) is 0 Å². The van der Waals surface area contributed by atoms with Crippen molar-refractivity contribution >= 4 is 17.7 Å². The Hall–Kier alpha value is -2.04. The normalized spacial score (nSPS) is 14.3. The molecule has 132 valence electrons. The lowest BCUT2D eigenvalue weighted by atomic mass is 10.1. The van der Waals surface area contributed by atoms with E-state index in [1.807, 2.05) is 59.7 Å². The van der Waals surface area contributed by atoms with Crippen molar-refractivity contribution in [1.29, 1.82) is 0 Å². The summed E-state index contributed by atoms with van der Waals surface area (Å²) in [5.41, 5.74) is 1.81. The highest BCUT2D eigenvalue weighted by Crippen LogP contribution is 2.30. The van der Waals surface area contributed by atoms with Crippen LogP contribution in [0.25, 0.3) is 0 Å². The molecule has 1 aliphatic rings. The largest absolute Gasteiger partial charge is 0.460 e. The predicted molar refractivity (Wildman–Crippen MR) is 93.3 cm³/mol. The number of ether oxygens (including phenoxy) is 2. The molecule has 0 atom stereocenters. The van der Waals surface area contributed by atoms with Gasteiger partial charge in [0.25, 0.3) is 0 Å². The summed E-state index contributed by atoms with van der Waals surface area (Å²) in [6.07, 6.45) is 0.661. The lowest BCUT2D eigenvalue weighted by Crippen LogP contribution is -2.35. The first-order valence-corrected chi connectivity index (χ1v) is 8.29.